The fourth-order valence-electron chi connectivity index (χ4n) is 9.36. The molecule has 5 nitrogen and oxygen atoms in total. The van der Waals surface area contributed by atoms with Crippen molar-refractivity contribution in [1.29, 1.82) is 0 Å². The molecule has 7 atom stereocenters. The van der Waals surface area contributed by atoms with Crippen molar-refractivity contribution in [2.75, 3.05) is 31.1 Å². The lowest BCUT2D eigenvalue weighted by molar-refractivity contribution is -0.129. The average Bonchev–Trinajstić information content (AvgIpc) is 3.21. The lowest BCUT2D eigenvalue weighted by Gasteiger charge is -2.58. The fourth-order valence-corrected chi connectivity index (χ4v) is 9.36. The number of carbonyl (C=O) groups excluding carboxylic acids is 2. The van der Waals surface area contributed by atoms with Crippen LogP contribution in [-0.2, 0) is 9.59 Å². The molecule has 4 fully saturated rings. The summed E-state index contributed by atoms with van der Waals surface area (Å²) in [5.74, 6) is 9.61. The van der Waals surface area contributed by atoms with Crippen LogP contribution in [0.15, 0.2) is 35.9 Å². The van der Waals surface area contributed by atoms with Gasteiger partial charge in [0.2, 0.25) is 5.91 Å². The van der Waals surface area contributed by atoms with E-state index < -0.39 is 5.60 Å². The van der Waals surface area contributed by atoms with Gasteiger partial charge in [-0.25, -0.2) is 0 Å². The smallest absolute Gasteiger partial charge is 0.219 e. The molecule has 0 aromatic heterocycles. The lowest BCUT2D eigenvalue weighted by atomic mass is 9.46. The van der Waals surface area contributed by atoms with E-state index in [-0.39, 0.29) is 16.7 Å². The molecule has 1 amide bonds. The van der Waals surface area contributed by atoms with Gasteiger partial charge in [0.1, 0.15) is 5.60 Å². The number of piperazine rings is 1. The Morgan fingerprint density at radius 1 is 1.00 bits per heavy atom. The van der Waals surface area contributed by atoms with E-state index in [1.807, 2.05) is 11.0 Å². The molecule has 1 aromatic carbocycles. The first-order valence-electron chi connectivity index (χ1n) is 16.0. The van der Waals surface area contributed by atoms with Crippen molar-refractivity contribution in [2.24, 2.45) is 34.5 Å². The summed E-state index contributed by atoms with van der Waals surface area (Å²) in [5, 5.41) is 12.2. The Morgan fingerprint density at radius 2 is 1.71 bits per heavy atom. The normalized spacial score (nSPS) is 36.9. The molecule has 1 heterocycles. The van der Waals surface area contributed by atoms with E-state index in [0.717, 1.165) is 64.7 Å². The Labute approximate surface area is 246 Å². The van der Waals surface area contributed by atoms with E-state index in [2.05, 4.69) is 68.7 Å². The highest BCUT2D eigenvalue weighted by Crippen LogP contribution is 2.68. The number of allylic oxidation sites excluding steroid dienone is 1. The molecule has 1 aromatic rings. The molecule has 220 valence electrons. The van der Waals surface area contributed by atoms with Gasteiger partial charge in [-0.2, -0.15) is 0 Å². The molecule has 0 spiro atoms. The van der Waals surface area contributed by atoms with Crippen molar-refractivity contribution in [2.45, 2.75) is 91.1 Å². The molecule has 1 aliphatic heterocycles. The maximum atomic E-state index is 12.4. The van der Waals surface area contributed by atoms with Gasteiger partial charge in [-0.1, -0.05) is 36.5 Å². The van der Waals surface area contributed by atoms with E-state index in [0.29, 0.717) is 41.8 Å². The molecule has 5 heteroatoms. The van der Waals surface area contributed by atoms with E-state index >= 15 is 0 Å². The third-order valence-electron chi connectivity index (χ3n) is 11.5. The van der Waals surface area contributed by atoms with Crippen LogP contribution in [0.3, 0.4) is 0 Å². The van der Waals surface area contributed by atoms with Crippen LogP contribution in [-0.4, -0.2) is 53.5 Å². The van der Waals surface area contributed by atoms with Crippen molar-refractivity contribution >= 4 is 17.4 Å². The first-order valence-corrected chi connectivity index (χ1v) is 16.0. The van der Waals surface area contributed by atoms with Gasteiger partial charge in [0, 0.05) is 56.0 Å². The summed E-state index contributed by atoms with van der Waals surface area (Å²) >= 11 is 0. The molecular weight excluding hydrogens is 508 g/mol. The Balaban J connectivity index is 1.34. The molecule has 0 bridgehead atoms. The highest BCUT2D eigenvalue weighted by Gasteiger charge is 2.64. The van der Waals surface area contributed by atoms with Crippen LogP contribution < -0.4 is 4.90 Å². The minimum Gasteiger partial charge on any atom is -0.377 e. The van der Waals surface area contributed by atoms with E-state index in [1.54, 1.807) is 6.92 Å². The van der Waals surface area contributed by atoms with E-state index in [1.165, 1.54) is 16.8 Å². The summed E-state index contributed by atoms with van der Waals surface area (Å²) in [7, 11) is 0. The van der Waals surface area contributed by atoms with Crippen LogP contribution in [0, 0.1) is 46.3 Å². The molecule has 1 saturated heterocycles. The van der Waals surface area contributed by atoms with Crippen molar-refractivity contribution in [1.82, 2.24) is 4.90 Å². The summed E-state index contributed by atoms with van der Waals surface area (Å²) < 4.78 is 0. The Kier molecular flexibility index (Phi) is 7.17. The molecule has 41 heavy (non-hydrogen) atoms. The SMILES string of the molecule is CC(=O)N1CCN(c2ccc([C@H]3C[C@@]4(C)[C@@H](CC[C@@]4(O)C#CC(C)(C)C)[C@@H]4CCC5=CC(=O)CC[C@@H]5[C@H]43)cc2)CC1. The number of anilines is 1. The quantitative estimate of drug-likeness (QED) is 0.456. The van der Waals surface area contributed by atoms with Crippen LogP contribution in [0.25, 0.3) is 0 Å². The number of carbonyl (C=O) groups is 2. The first kappa shape index (κ1) is 28.5. The number of ketones is 1. The summed E-state index contributed by atoms with van der Waals surface area (Å²) in [6.45, 7) is 13.6. The molecule has 3 saturated carbocycles. The Hall–Kier alpha value is -2.58. The highest BCUT2D eigenvalue weighted by molar-refractivity contribution is 5.91. The van der Waals surface area contributed by atoms with Crippen LogP contribution in [0.1, 0.15) is 91.0 Å². The summed E-state index contributed by atoms with van der Waals surface area (Å²) in [4.78, 5) is 28.5. The van der Waals surface area contributed by atoms with Gasteiger partial charge in [0.15, 0.2) is 5.78 Å². The number of rotatable bonds is 2. The zero-order valence-electron chi connectivity index (χ0n) is 25.7. The van der Waals surface area contributed by atoms with Gasteiger partial charge in [0.05, 0.1) is 0 Å². The van der Waals surface area contributed by atoms with Gasteiger partial charge in [0.25, 0.3) is 0 Å². The second-order valence-corrected chi connectivity index (χ2v) is 14.9. The number of hydrogen-bond donors (Lipinski definition) is 1. The van der Waals surface area contributed by atoms with Gasteiger partial charge in [-0.05, 0) is 113 Å². The van der Waals surface area contributed by atoms with Gasteiger partial charge in [-0.15, -0.1) is 0 Å². The van der Waals surface area contributed by atoms with Crippen LogP contribution in [0.2, 0.25) is 0 Å². The van der Waals surface area contributed by atoms with Gasteiger partial charge >= 0.3 is 0 Å². The minimum atomic E-state index is -0.969. The van der Waals surface area contributed by atoms with Crippen molar-refractivity contribution in [3.63, 3.8) is 0 Å². The standard InChI is InChI=1S/C36H48N2O3/c1-24(39)37-18-20-38(21-19-37)27-9-6-25(7-10-27)31-23-35(5)32(14-15-36(35,41)17-16-34(2,3)4)30-12-8-26-22-28(40)11-13-29(26)33(30)31/h6-7,9-10,22,29-33,41H,8,11-15,18-21,23H2,1-5H3/t29-,30-,31+,32-,33+,35-,36+/m0/s1. The monoisotopic (exact) mass is 556 g/mol. The fraction of sp³-hybridized carbons (Fsp3) is 0.667. The molecule has 1 N–H and O–H groups in total. The predicted octanol–water partition coefficient (Wildman–Crippen LogP) is 5.97. The maximum absolute atomic E-state index is 12.4. The zero-order valence-corrected chi connectivity index (χ0v) is 25.7. The number of nitrogens with zero attached hydrogens (tertiary/aromatic N) is 2. The van der Waals surface area contributed by atoms with Gasteiger partial charge in [-0.3, -0.25) is 9.59 Å². The lowest BCUT2D eigenvalue weighted by Crippen LogP contribution is -2.54. The predicted molar refractivity (Wildman–Crippen MR) is 163 cm³/mol. The summed E-state index contributed by atoms with van der Waals surface area (Å²) in [6.07, 6.45) is 8.48. The van der Waals surface area contributed by atoms with Crippen molar-refractivity contribution in [3.05, 3.63) is 41.5 Å². The average molecular weight is 557 g/mol. The van der Waals surface area contributed by atoms with E-state index in [9.17, 15) is 14.7 Å². The third-order valence-corrected chi connectivity index (χ3v) is 11.5. The summed E-state index contributed by atoms with van der Waals surface area (Å²) in [5.41, 5.74) is 2.59. The Morgan fingerprint density at radius 3 is 2.37 bits per heavy atom. The maximum Gasteiger partial charge on any atom is 0.219 e. The number of hydrogen-bond acceptors (Lipinski definition) is 4. The number of benzene rings is 1. The molecule has 0 unspecified atom stereocenters. The number of amides is 1. The molecule has 0 radical (unpaired) electrons. The minimum absolute atomic E-state index is 0.147. The third kappa shape index (κ3) is 5.05. The van der Waals surface area contributed by atoms with Crippen LogP contribution >= 0.6 is 0 Å². The molecule has 4 aliphatic carbocycles. The van der Waals surface area contributed by atoms with Crippen LogP contribution in [0.5, 0.6) is 0 Å². The second kappa shape index (κ2) is 10.3. The number of fused-ring (bicyclic) bond motifs is 5. The number of aliphatic hydroxyl groups is 1. The summed E-state index contributed by atoms with van der Waals surface area (Å²) in [6, 6.07) is 9.21. The molecule has 6 rings (SSSR count). The first-order chi connectivity index (χ1) is 19.4. The van der Waals surface area contributed by atoms with E-state index in [4.69, 9.17) is 0 Å². The van der Waals surface area contributed by atoms with Gasteiger partial charge < -0.3 is 14.9 Å². The second-order valence-electron chi connectivity index (χ2n) is 14.9. The zero-order chi connectivity index (χ0) is 29.2. The molecular formula is C36H48N2O3. The highest BCUT2D eigenvalue weighted by atomic mass is 16.3. The van der Waals surface area contributed by atoms with Crippen molar-refractivity contribution < 1.29 is 14.7 Å². The van der Waals surface area contributed by atoms with Crippen molar-refractivity contribution in [3.8, 4) is 11.8 Å². The Bertz CT molecular complexity index is 1290. The van der Waals surface area contributed by atoms with Crippen LogP contribution in [0.4, 0.5) is 5.69 Å². The topological polar surface area (TPSA) is 60.9 Å². The largest absolute Gasteiger partial charge is 0.377 e. The molecule has 5 aliphatic rings.